The van der Waals surface area contributed by atoms with Gasteiger partial charge in [-0.2, -0.15) is 0 Å². The van der Waals surface area contributed by atoms with Crippen molar-refractivity contribution in [3.05, 3.63) is 53.5 Å². The molecule has 1 aromatic heterocycles. The number of hydrogen-bond donors (Lipinski definition) is 1. The molecule has 144 valence electrons. The van der Waals surface area contributed by atoms with Crippen LogP contribution in [0.2, 0.25) is 0 Å². The van der Waals surface area contributed by atoms with Crippen LogP contribution in [0.4, 0.5) is 15.8 Å². The predicted octanol–water partition coefficient (Wildman–Crippen LogP) is 3.56. The SMILES string of the molecule is COCCn1c(C2Nc3cc(C=O)cc4c3N2CCO4)cc2ccc(F)cc21. The van der Waals surface area contributed by atoms with Gasteiger partial charge in [0.15, 0.2) is 0 Å². The first-order valence-electron chi connectivity index (χ1n) is 9.26. The monoisotopic (exact) mass is 381 g/mol. The highest BCUT2D eigenvalue weighted by atomic mass is 19.1. The van der Waals surface area contributed by atoms with Gasteiger partial charge in [-0.15, -0.1) is 0 Å². The van der Waals surface area contributed by atoms with Crippen molar-refractivity contribution in [2.45, 2.75) is 12.7 Å². The average Bonchev–Trinajstić information content (AvgIpc) is 3.25. The molecular formula is C21H20FN3O3. The quantitative estimate of drug-likeness (QED) is 0.685. The number of carbonyl (C=O) groups is 1. The van der Waals surface area contributed by atoms with E-state index in [-0.39, 0.29) is 12.0 Å². The molecule has 0 bridgehead atoms. The summed E-state index contributed by atoms with van der Waals surface area (Å²) in [5, 5.41) is 4.51. The van der Waals surface area contributed by atoms with Gasteiger partial charge in [0, 0.05) is 24.6 Å². The van der Waals surface area contributed by atoms with Gasteiger partial charge in [0.2, 0.25) is 0 Å². The molecule has 0 fully saturated rings. The van der Waals surface area contributed by atoms with Gasteiger partial charge in [-0.3, -0.25) is 4.79 Å². The van der Waals surface area contributed by atoms with E-state index in [0.717, 1.165) is 40.8 Å². The number of nitrogens with one attached hydrogen (secondary N) is 1. The minimum absolute atomic E-state index is 0.133. The Morgan fingerprint density at radius 2 is 2.21 bits per heavy atom. The van der Waals surface area contributed by atoms with Crippen molar-refractivity contribution < 1.29 is 18.7 Å². The number of nitrogens with zero attached hydrogens (tertiary/aromatic N) is 2. The topological polar surface area (TPSA) is 55.7 Å². The molecular weight excluding hydrogens is 361 g/mol. The van der Waals surface area contributed by atoms with Crippen molar-refractivity contribution >= 4 is 28.6 Å². The molecule has 3 aromatic rings. The number of carbonyl (C=O) groups excluding carboxylic acids is 1. The number of rotatable bonds is 5. The Bertz CT molecular complexity index is 1080. The molecule has 0 saturated heterocycles. The van der Waals surface area contributed by atoms with E-state index >= 15 is 0 Å². The van der Waals surface area contributed by atoms with E-state index in [4.69, 9.17) is 9.47 Å². The number of benzene rings is 2. The largest absolute Gasteiger partial charge is 0.489 e. The molecule has 3 heterocycles. The summed E-state index contributed by atoms with van der Waals surface area (Å²) < 4.78 is 27.1. The highest BCUT2D eigenvalue weighted by Gasteiger charge is 2.37. The Kier molecular flexibility index (Phi) is 3.98. The standard InChI is InChI=1S/C21H20FN3O3/c1-27-6-4-24-17-11-15(22)3-2-14(17)10-18(24)21-23-16-8-13(12-26)9-19-20(16)25(21)5-7-28-19/h2-3,8-12,21,23H,4-7H2,1H3. The van der Waals surface area contributed by atoms with Crippen LogP contribution in [-0.2, 0) is 11.3 Å². The van der Waals surface area contributed by atoms with Crippen LogP contribution in [0, 0.1) is 5.82 Å². The third kappa shape index (κ3) is 2.54. The number of aromatic nitrogens is 1. The van der Waals surface area contributed by atoms with Crippen molar-refractivity contribution in [1.29, 1.82) is 0 Å². The molecule has 0 radical (unpaired) electrons. The summed E-state index contributed by atoms with van der Waals surface area (Å²) in [6, 6.07) is 10.5. The summed E-state index contributed by atoms with van der Waals surface area (Å²) in [7, 11) is 1.66. The third-order valence-electron chi connectivity index (χ3n) is 5.41. The van der Waals surface area contributed by atoms with E-state index in [1.54, 1.807) is 25.3 Å². The van der Waals surface area contributed by atoms with E-state index in [0.29, 0.717) is 31.1 Å². The van der Waals surface area contributed by atoms with Crippen LogP contribution in [0.25, 0.3) is 10.9 Å². The minimum Gasteiger partial charge on any atom is -0.489 e. The Balaban J connectivity index is 1.64. The molecule has 2 aliphatic rings. The number of anilines is 2. The number of methoxy groups -OCH3 is 1. The fraction of sp³-hybridized carbons (Fsp3) is 0.286. The Morgan fingerprint density at radius 3 is 3.04 bits per heavy atom. The van der Waals surface area contributed by atoms with Crippen LogP contribution in [-0.4, -0.2) is 37.7 Å². The fourth-order valence-electron chi connectivity index (χ4n) is 4.20. The first kappa shape index (κ1) is 17.1. The van der Waals surface area contributed by atoms with Gasteiger partial charge >= 0.3 is 0 Å². The first-order valence-corrected chi connectivity index (χ1v) is 9.26. The summed E-state index contributed by atoms with van der Waals surface area (Å²) in [5.74, 6) is 0.453. The lowest BCUT2D eigenvalue weighted by atomic mass is 10.1. The van der Waals surface area contributed by atoms with Crippen molar-refractivity contribution in [2.24, 2.45) is 0 Å². The lowest BCUT2D eigenvalue weighted by Crippen LogP contribution is -2.36. The van der Waals surface area contributed by atoms with Gasteiger partial charge in [-0.25, -0.2) is 4.39 Å². The Morgan fingerprint density at radius 1 is 1.32 bits per heavy atom. The highest BCUT2D eigenvalue weighted by Crippen LogP contribution is 2.49. The second-order valence-corrected chi connectivity index (χ2v) is 7.04. The van der Waals surface area contributed by atoms with Gasteiger partial charge < -0.3 is 24.3 Å². The lowest BCUT2D eigenvalue weighted by Gasteiger charge is -2.32. The summed E-state index contributed by atoms with van der Waals surface area (Å²) in [6.07, 6.45) is 0.693. The van der Waals surface area contributed by atoms with Crippen LogP contribution < -0.4 is 15.0 Å². The number of aldehydes is 1. The van der Waals surface area contributed by atoms with E-state index in [1.165, 1.54) is 6.07 Å². The van der Waals surface area contributed by atoms with Crippen LogP contribution in [0.3, 0.4) is 0 Å². The van der Waals surface area contributed by atoms with E-state index in [1.807, 2.05) is 6.07 Å². The lowest BCUT2D eigenvalue weighted by molar-refractivity contribution is 0.112. The molecule has 28 heavy (non-hydrogen) atoms. The number of hydrogen-bond acceptors (Lipinski definition) is 5. The molecule has 0 saturated carbocycles. The third-order valence-corrected chi connectivity index (χ3v) is 5.41. The number of ether oxygens (including phenoxy) is 2. The second kappa shape index (κ2) is 6.53. The fourth-order valence-corrected chi connectivity index (χ4v) is 4.20. The van der Waals surface area contributed by atoms with Gasteiger partial charge in [-0.1, -0.05) is 0 Å². The van der Waals surface area contributed by atoms with Gasteiger partial charge in [0.05, 0.1) is 30.0 Å². The zero-order valence-electron chi connectivity index (χ0n) is 15.4. The molecule has 1 atom stereocenters. The molecule has 7 heteroatoms. The van der Waals surface area contributed by atoms with Crippen LogP contribution >= 0.6 is 0 Å². The summed E-state index contributed by atoms with van der Waals surface area (Å²) in [4.78, 5) is 13.5. The van der Waals surface area contributed by atoms with E-state index < -0.39 is 0 Å². The van der Waals surface area contributed by atoms with Crippen molar-refractivity contribution in [3.8, 4) is 5.75 Å². The van der Waals surface area contributed by atoms with Gasteiger partial charge in [-0.05, 0) is 36.4 Å². The molecule has 2 aromatic carbocycles. The summed E-state index contributed by atoms with van der Waals surface area (Å²) in [5.41, 5.74) is 4.28. The number of fused-ring (bicyclic) bond motifs is 1. The van der Waals surface area contributed by atoms with Crippen molar-refractivity contribution in [2.75, 3.05) is 37.1 Å². The number of halogens is 1. The van der Waals surface area contributed by atoms with E-state index in [9.17, 15) is 9.18 Å². The van der Waals surface area contributed by atoms with Crippen LogP contribution in [0.1, 0.15) is 22.2 Å². The van der Waals surface area contributed by atoms with Crippen LogP contribution in [0.15, 0.2) is 36.4 Å². The van der Waals surface area contributed by atoms with Gasteiger partial charge in [0.1, 0.15) is 36.3 Å². The highest BCUT2D eigenvalue weighted by molar-refractivity contribution is 5.90. The average molecular weight is 381 g/mol. The zero-order valence-corrected chi connectivity index (χ0v) is 15.4. The maximum atomic E-state index is 13.9. The molecule has 0 spiro atoms. The first-order chi connectivity index (χ1) is 13.7. The molecule has 1 unspecified atom stereocenters. The Hall–Kier alpha value is -3.06. The maximum Gasteiger partial charge on any atom is 0.150 e. The molecule has 1 N–H and O–H groups in total. The molecule has 0 amide bonds. The van der Waals surface area contributed by atoms with Crippen LogP contribution in [0.5, 0.6) is 5.75 Å². The van der Waals surface area contributed by atoms with Gasteiger partial charge in [0.25, 0.3) is 0 Å². The summed E-state index contributed by atoms with van der Waals surface area (Å²) in [6.45, 7) is 2.40. The van der Waals surface area contributed by atoms with Crippen molar-refractivity contribution in [1.82, 2.24) is 4.57 Å². The maximum absolute atomic E-state index is 13.9. The molecule has 2 aliphatic heterocycles. The molecule has 0 aliphatic carbocycles. The van der Waals surface area contributed by atoms with Crippen molar-refractivity contribution in [3.63, 3.8) is 0 Å². The predicted molar refractivity (Wildman–Crippen MR) is 105 cm³/mol. The molecule has 6 nitrogen and oxygen atoms in total. The summed E-state index contributed by atoms with van der Waals surface area (Å²) >= 11 is 0. The van der Waals surface area contributed by atoms with E-state index in [2.05, 4.69) is 20.9 Å². The molecule has 5 rings (SSSR count). The Labute approximate surface area is 161 Å². The zero-order chi connectivity index (χ0) is 19.3. The smallest absolute Gasteiger partial charge is 0.150 e. The second-order valence-electron chi connectivity index (χ2n) is 7.04. The normalized spacial score (nSPS) is 17.4. The minimum atomic E-state index is -0.261.